The molecule has 0 amide bonds. The van der Waals surface area contributed by atoms with E-state index in [1.54, 1.807) is 18.9 Å². The molecular formula is C13H18N4O2. The van der Waals surface area contributed by atoms with Gasteiger partial charge in [-0.25, -0.2) is 4.68 Å². The van der Waals surface area contributed by atoms with Crippen molar-refractivity contribution >= 4 is 5.95 Å². The molecule has 19 heavy (non-hydrogen) atoms. The summed E-state index contributed by atoms with van der Waals surface area (Å²) in [5.41, 5.74) is 1.00. The van der Waals surface area contributed by atoms with Crippen LogP contribution in [0.15, 0.2) is 18.2 Å². The first-order chi connectivity index (χ1) is 9.13. The van der Waals surface area contributed by atoms with Gasteiger partial charge >= 0.3 is 0 Å². The molecule has 1 heterocycles. The molecule has 6 heteroatoms. The number of hydrogen-bond acceptors (Lipinski definition) is 5. The van der Waals surface area contributed by atoms with Gasteiger partial charge in [0.15, 0.2) is 0 Å². The van der Waals surface area contributed by atoms with E-state index in [2.05, 4.69) is 15.4 Å². The highest BCUT2D eigenvalue weighted by Gasteiger charge is 2.07. The number of nitrogens with zero attached hydrogens (tertiary/aromatic N) is 3. The van der Waals surface area contributed by atoms with Crippen LogP contribution in [0.25, 0.3) is 0 Å². The number of anilines is 1. The minimum absolute atomic E-state index is 0.590. The van der Waals surface area contributed by atoms with Crippen molar-refractivity contribution in [2.45, 2.75) is 13.5 Å². The smallest absolute Gasteiger partial charge is 0.221 e. The zero-order valence-electron chi connectivity index (χ0n) is 11.6. The minimum atomic E-state index is 0.590. The zero-order valence-corrected chi connectivity index (χ0v) is 11.6. The number of nitrogens with one attached hydrogen (secondary N) is 1. The summed E-state index contributed by atoms with van der Waals surface area (Å²) in [5, 5.41) is 7.42. The van der Waals surface area contributed by atoms with Gasteiger partial charge in [-0.2, -0.15) is 10.1 Å². The average Bonchev–Trinajstić information content (AvgIpc) is 2.74. The molecule has 6 nitrogen and oxygen atoms in total. The lowest BCUT2D eigenvalue weighted by Gasteiger charge is -2.11. The summed E-state index contributed by atoms with van der Waals surface area (Å²) < 4.78 is 12.3. The first kappa shape index (κ1) is 13.2. The van der Waals surface area contributed by atoms with Crippen LogP contribution in [0, 0.1) is 6.92 Å². The third-order valence-corrected chi connectivity index (χ3v) is 2.79. The van der Waals surface area contributed by atoms with E-state index in [9.17, 15) is 0 Å². The van der Waals surface area contributed by atoms with Crippen molar-refractivity contribution in [1.29, 1.82) is 0 Å². The third-order valence-electron chi connectivity index (χ3n) is 2.79. The summed E-state index contributed by atoms with van der Waals surface area (Å²) in [6.07, 6.45) is 0. The molecule has 0 atom stereocenters. The number of methoxy groups -OCH3 is 2. The number of hydrogen-bond donors (Lipinski definition) is 1. The van der Waals surface area contributed by atoms with Crippen molar-refractivity contribution in [2.24, 2.45) is 7.05 Å². The number of aryl methyl sites for hydroxylation is 2. The Kier molecular flexibility index (Phi) is 3.89. The molecule has 0 fully saturated rings. The molecule has 1 aromatic heterocycles. The van der Waals surface area contributed by atoms with E-state index in [-0.39, 0.29) is 0 Å². The predicted molar refractivity (Wildman–Crippen MR) is 72.6 cm³/mol. The number of rotatable bonds is 5. The van der Waals surface area contributed by atoms with Gasteiger partial charge in [-0.15, -0.1) is 0 Å². The first-order valence-corrected chi connectivity index (χ1v) is 5.96. The molecule has 0 bridgehead atoms. The fourth-order valence-corrected chi connectivity index (χ4v) is 1.86. The van der Waals surface area contributed by atoms with Gasteiger partial charge in [-0.3, -0.25) is 0 Å². The Balaban J connectivity index is 2.16. The fourth-order valence-electron chi connectivity index (χ4n) is 1.86. The second-order valence-corrected chi connectivity index (χ2v) is 4.14. The summed E-state index contributed by atoms with van der Waals surface area (Å²) in [4.78, 5) is 4.29. The van der Waals surface area contributed by atoms with E-state index in [1.165, 1.54) is 0 Å². The standard InChI is InChI=1S/C13H18N4O2/c1-9-15-13(17(2)16-9)14-8-10-7-11(18-3)5-6-12(10)19-4/h5-7H,8H2,1-4H3,(H,14,15,16). The van der Waals surface area contributed by atoms with Crippen molar-refractivity contribution in [3.63, 3.8) is 0 Å². The van der Waals surface area contributed by atoms with Crippen molar-refractivity contribution in [1.82, 2.24) is 14.8 Å². The molecule has 0 radical (unpaired) electrons. The maximum absolute atomic E-state index is 5.33. The molecule has 0 saturated heterocycles. The Morgan fingerprint density at radius 3 is 2.63 bits per heavy atom. The molecule has 1 aromatic carbocycles. The van der Waals surface area contributed by atoms with E-state index in [0.29, 0.717) is 6.54 Å². The minimum Gasteiger partial charge on any atom is -0.497 e. The van der Waals surface area contributed by atoms with Crippen molar-refractivity contribution < 1.29 is 9.47 Å². The molecule has 2 aromatic rings. The number of benzene rings is 1. The fraction of sp³-hybridized carbons (Fsp3) is 0.385. The molecule has 0 aliphatic carbocycles. The van der Waals surface area contributed by atoms with Crippen LogP contribution < -0.4 is 14.8 Å². The highest BCUT2D eigenvalue weighted by Crippen LogP contribution is 2.24. The molecule has 102 valence electrons. The second-order valence-electron chi connectivity index (χ2n) is 4.14. The van der Waals surface area contributed by atoms with Gasteiger partial charge in [0.05, 0.1) is 14.2 Å². The maximum atomic E-state index is 5.33. The SMILES string of the molecule is COc1ccc(OC)c(CNc2nc(C)nn2C)c1. The quantitative estimate of drug-likeness (QED) is 0.889. The topological polar surface area (TPSA) is 61.2 Å². The number of aromatic nitrogens is 3. The lowest BCUT2D eigenvalue weighted by atomic mass is 10.2. The summed E-state index contributed by atoms with van der Waals surface area (Å²) in [6.45, 7) is 2.45. The maximum Gasteiger partial charge on any atom is 0.221 e. The monoisotopic (exact) mass is 262 g/mol. The predicted octanol–water partition coefficient (Wildman–Crippen LogP) is 1.75. The van der Waals surface area contributed by atoms with Crippen LogP contribution in [0.1, 0.15) is 11.4 Å². The highest BCUT2D eigenvalue weighted by atomic mass is 16.5. The van der Waals surface area contributed by atoms with Crippen LogP contribution in [0.4, 0.5) is 5.95 Å². The van der Waals surface area contributed by atoms with Gasteiger partial charge in [0, 0.05) is 19.2 Å². The third kappa shape index (κ3) is 2.96. The van der Waals surface area contributed by atoms with Gasteiger partial charge < -0.3 is 14.8 Å². The normalized spacial score (nSPS) is 10.3. The lowest BCUT2D eigenvalue weighted by Crippen LogP contribution is -2.07. The lowest BCUT2D eigenvalue weighted by molar-refractivity contribution is 0.399. The van der Waals surface area contributed by atoms with E-state index >= 15 is 0 Å². The Morgan fingerprint density at radius 1 is 1.26 bits per heavy atom. The van der Waals surface area contributed by atoms with Gasteiger partial charge in [-0.05, 0) is 25.1 Å². The van der Waals surface area contributed by atoms with Crippen LogP contribution in [-0.2, 0) is 13.6 Å². The molecule has 0 aliphatic rings. The van der Waals surface area contributed by atoms with Crippen LogP contribution in [0.3, 0.4) is 0 Å². The zero-order chi connectivity index (χ0) is 13.8. The van der Waals surface area contributed by atoms with E-state index in [4.69, 9.17) is 9.47 Å². The van der Waals surface area contributed by atoms with Crippen LogP contribution in [0.2, 0.25) is 0 Å². The van der Waals surface area contributed by atoms with Crippen molar-refractivity contribution in [3.05, 3.63) is 29.6 Å². The van der Waals surface area contributed by atoms with Crippen molar-refractivity contribution in [3.8, 4) is 11.5 Å². The molecule has 0 unspecified atom stereocenters. The summed E-state index contributed by atoms with van der Waals surface area (Å²) in [7, 11) is 5.15. The number of ether oxygens (including phenoxy) is 2. The van der Waals surface area contributed by atoms with Crippen molar-refractivity contribution in [2.75, 3.05) is 19.5 Å². The molecule has 0 spiro atoms. The Labute approximate surface area is 112 Å². The Morgan fingerprint density at radius 2 is 2.05 bits per heavy atom. The highest BCUT2D eigenvalue weighted by molar-refractivity contribution is 5.42. The van der Waals surface area contributed by atoms with Gasteiger partial charge in [0.25, 0.3) is 0 Å². The van der Waals surface area contributed by atoms with Gasteiger partial charge in [-0.1, -0.05) is 0 Å². The van der Waals surface area contributed by atoms with Crippen LogP contribution in [0.5, 0.6) is 11.5 Å². The van der Waals surface area contributed by atoms with E-state index in [0.717, 1.165) is 28.8 Å². The Hall–Kier alpha value is -2.24. The summed E-state index contributed by atoms with van der Waals surface area (Å²) in [5.74, 6) is 3.07. The van der Waals surface area contributed by atoms with Crippen LogP contribution >= 0.6 is 0 Å². The van der Waals surface area contributed by atoms with Gasteiger partial charge in [0.2, 0.25) is 5.95 Å². The average molecular weight is 262 g/mol. The molecular weight excluding hydrogens is 244 g/mol. The molecule has 1 N–H and O–H groups in total. The largest absolute Gasteiger partial charge is 0.497 e. The van der Waals surface area contributed by atoms with Crippen LogP contribution in [-0.4, -0.2) is 29.0 Å². The van der Waals surface area contributed by atoms with Gasteiger partial charge in [0.1, 0.15) is 17.3 Å². The Bertz CT molecular complexity index is 566. The molecule has 0 aliphatic heterocycles. The molecule has 0 saturated carbocycles. The summed E-state index contributed by atoms with van der Waals surface area (Å²) in [6, 6.07) is 5.70. The van der Waals surface area contributed by atoms with E-state index in [1.807, 2.05) is 32.2 Å². The molecule has 2 rings (SSSR count). The van der Waals surface area contributed by atoms with E-state index < -0.39 is 0 Å². The first-order valence-electron chi connectivity index (χ1n) is 5.96. The second kappa shape index (κ2) is 5.60. The summed E-state index contributed by atoms with van der Waals surface area (Å²) >= 11 is 0.